The molecule has 108 valence electrons. The van der Waals surface area contributed by atoms with Crippen LogP contribution in [0.2, 0.25) is 0 Å². The first-order valence-corrected chi connectivity index (χ1v) is 7.72. The number of nitrogens with two attached hydrogens (primary N) is 1. The van der Waals surface area contributed by atoms with Crippen LogP contribution in [-0.2, 0) is 19.5 Å². The third kappa shape index (κ3) is 2.58. The Morgan fingerprint density at radius 3 is 2.75 bits per heavy atom. The van der Waals surface area contributed by atoms with Crippen molar-refractivity contribution in [1.29, 1.82) is 0 Å². The fourth-order valence-corrected chi connectivity index (χ4v) is 3.09. The second-order valence-electron chi connectivity index (χ2n) is 5.63. The molecular formula is C16H24N4. The highest BCUT2D eigenvalue weighted by atomic mass is 15.2. The number of benzene rings is 1. The lowest BCUT2D eigenvalue weighted by molar-refractivity contribution is 0.317. The monoisotopic (exact) mass is 272 g/mol. The molecular weight excluding hydrogens is 248 g/mol. The summed E-state index contributed by atoms with van der Waals surface area (Å²) in [5.41, 5.74) is 9.47. The molecule has 1 aromatic heterocycles. The van der Waals surface area contributed by atoms with Crippen LogP contribution in [0.5, 0.6) is 0 Å². The Kier molecular flexibility index (Phi) is 4.03. The predicted molar refractivity (Wildman–Crippen MR) is 82.7 cm³/mol. The SMILES string of the molecule is CCc1ccc2c(c1)nc(CN1CCCC1)n2CCN. The summed E-state index contributed by atoms with van der Waals surface area (Å²) in [5.74, 6) is 1.17. The van der Waals surface area contributed by atoms with Crippen LogP contribution in [0.15, 0.2) is 18.2 Å². The van der Waals surface area contributed by atoms with Crippen molar-refractivity contribution in [3.63, 3.8) is 0 Å². The van der Waals surface area contributed by atoms with E-state index in [1.165, 1.54) is 42.8 Å². The molecule has 1 aromatic carbocycles. The summed E-state index contributed by atoms with van der Waals surface area (Å²) in [5, 5.41) is 0. The standard InChI is InChI=1S/C16H24N4/c1-2-13-5-6-15-14(11-13)18-16(20(15)10-7-17)12-19-8-3-4-9-19/h5-6,11H,2-4,7-10,12,17H2,1H3. The number of nitrogens with zero attached hydrogens (tertiary/aromatic N) is 3. The molecule has 1 fully saturated rings. The zero-order valence-electron chi connectivity index (χ0n) is 12.3. The van der Waals surface area contributed by atoms with E-state index in [0.717, 1.165) is 25.0 Å². The van der Waals surface area contributed by atoms with Gasteiger partial charge in [-0.1, -0.05) is 13.0 Å². The topological polar surface area (TPSA) is 47.1 Å². The Morgan fingerprint density at radius 1 is 1.25 bits per heavy atom. The molecule has 2 heterocycles. The van der Waals surface area contributed by atoms with E-state index in [4.69, 9.17) is 10.7 Å². The number of fused-ring (bicyclic) bond motifs is 1. The molecule has 4 nitrogen and oxygen atoms in total. The molecule has 4 heteroatoms. The first-order valence-electron chi connectivity index (χ1n) is 7.72. The van der Waals surface area contributed by atoms with Gasteiger partial charge in [0.05, 0.1) is 17.6 Å². The Balaban J connectivity index is 1.97. The van der Waals surface area contributed by atoms with Crippen molar-refractivity contribution in [3.8, 4) is 0 Å². The van der Waals surface area contributed by atoms with Crippen LogP contribution in [0, 0.1) is 0 Å². The maximum absolute atomic E-state index is 5.78. The second kappa shape index (κ2) is 5.94. The average Bonchev–Trinajstić information content (AvgIpc) is 3.08. The van der Waals surface area contributed by atoms with Crippen LogP contribution in [-0.4, -0.2) is 34.1 Å². The molecule has 0 spiro atoms. The van der Waals surface area contributed by atoms with Crippen LogP contribution in [0.25, 0.3) is 11.0 Å². The van der Waals surface area contributed by atoms with Gasteiger partial charge in [0.2, 0.25) is 0 Å². The maximum atomic E-state index is 5.78. The Morgan fingerprint density at radius 2 is 2.05 bits per heavy atom. The molecule has 0 radical (unpaired) electrons. The van der Waals surface area contributed by atoms with E-state index in [-0.39, 0.29) is 0 Å². The number of likely N-dealkylation sites (tertiary alicyclic amines) is 1. The molecule has 1 saturated heterocycles. The average molecular weight is 272 g/mol. The van der Waals surface area contributed by atoms with E-state index in [1.54, 1.807) is 0 Å². The fourth-order valence-electron chi connectivity index (χ4n) is 3.09. The summed E-state index contributed by atoms with van der Waals surface area (Å²) in [6.45, 7) is 7.05. The van der Waals surface area contributed by atoms with E-state index in [1.807, 2.05) is 0 Å². The van der Waals surface area contributed by atoms with Gasteiger partial charge in [0.1, 0.15) is 5.82 Å². The number of aryl methyl sites for hydroxylation is 1. The second-order valence-corrected chi connectivity index (χ2v) is 5.63. The minimum Gasteiger partial charge on any atom is -0.329 e. The van der Waals surface area contributed by atoms with E-state index < -0.39 is 0 Å². The van der Waals surface area contributed by atoms with Crippen molar-refractivity contribution in [1.82, 2.24) is 14.5 Å². The molecule has 0 saturated carbocycles. The van der Waals surface area contributed by atoms with Crippen LogP contribution in [0.4, 0.5) is 0 Å². The summed E-state index contributed by atoms with van der Waals surface area (Å²) < 4.78 is 2.30. The van der Waals surface area contributed by atoms with Crippen molar-refractivity contribution in [3.05, 3.63) is 29.6 Å². The zero-order chi connectivity index (χ0) is 13.9. The number of hydrogen-bond acceptors (Lipinski definition) is 3. The van der Waals surface area contributed by atoms with E-state index in [2.05, 4.69) is 34.6 Å². The lowest BCUT2D eigenvalue weighted by Crippen LogP contribution is -2.22. The molecule has 0 unspecified atom stereocenters. The number of hydrogen-bond donors (Lipinski definition) is 1. The lowest BCUT2D eigenvalue weighted by Gasteiger charge is -2.15. The molecule has 2 aromatic rings. The molecule has 2 N–H and O–H groups in total. The zero-order valence-corrected chi connectivity index (χ0v) is 12.3. The lowest BCUT2D eigenvalue weighted by atomic mass is 10.1. The Labute approximate surface area is 120 Å². The molecule has 0 atom stereocenters. The van der Waals surface area contributed by atoms with Gasteiger partial charge in [0.15, 0.2) is 0 Å². The highest BCUT2D eigenvalue weighted by Gasteiger charge is 2.17. The highest BCUT2D eigenvalue weighted by molar-refractivity contribution is 5.77. The van der Waals surface area contributed by atoms with Gasteiger partial charge in [-0.15, -0.1) is 0 Å². The van der Waals surface area contributed by atoms with Gasteiger partial charge in [-0.3, -0.25) is 4.90 Å². The van der Waals surface area contributed by atoms with E-state index in [0.29, 0.717) is 6.54 Å². The van der Waals surface area contributed by atoms with Crippen molar-refractivity contribution in [2.24, 2.45) is 5.73 Å². The first-order chi connectivity index (χ1) is 9.81. The fraction of sp³-hybridized carbons (Fsp3) is 0.562. The predicted octanol–water partition coefficient (Wildman–Crippen LogP) is 2.15. The maximum Gasteiger partial charge on any atom is 0.124 e. The van der Waals surface area contributed by atoms with Gasteiger partial charge < -0.3 is 10.3 Å². The van der Waals surface area contributed by atoms with Gasteiger partial charge in [0.25, 0.3) is 0 Å². The summed E-state index contributed by atoms with van der Waals surface area (Å²) in [6.07, 6.45) is 3.69. The first kappa shape index (κ1) is 13.6. The third-order valence-electron chi connectivity index (χ3n) is 4.22. The van der Waals surface area contributed by atoms with Crippen molar-refractivity contribution >= 4 is 11.0 Å². The molecule has 0 amide bonds. The summed E-state index contributed by atoms with van der Waals surface area (Å²) in [6, 6.07) is 6.62. The minimum atomic E-state index is 0.661. The van der Waals surface area contributed by atoms with Crippen LogP contribution < -0.4 is 5.73 Å². The number of rotatable bonds is 5. The molecule has 1 aliphatic heterocycles. The Bertz CT molecular complexity index is 581. The summed E-state index contributed by atoms with van der Waals surface area (Å²) in [7, 11) is 0. The van der Waals surface area contributed by atoms with E-state index in [9.17, 15) is 0 Å². The van der Waals surface area contributed by atoms with Crippen LogP contribution in [0.1, 0.15) is 31.2 Å². The van der Waals surface area contributed by atoms with Gasteiger partial charge >= 0.3 is 0 Å². The van der Waals surface area contributed by atoms with E-state index >= 15 is 0 Å². The molecule has 1 aliphatic rings. The molecule has 3 rings (SSSR count). The number of aromatic nitrogens is 2. The molecule has 0 aliphatic carbocycles. The van der Waals surface area contributed by atoms with Crippen molar-refractivity contribution in [2.75, 3.05) is 19.6 Å². The normalized spacial score (nSPS) is 16.3. The largest absolute Gasteiger partial charge is 0.329 e. The van der Waals surface area contributed by atoms with Crippen molar-refractivity contribution in [2.45, 2.75) is 39.3 Å². The van der Waals surface area contributed by atoms with Crippen molar-refractivity contribution < 1.29 is 0 Å². The minimum absolute atomic E-state index is 0.661. The van der Waals surface area contributed by atoms with Gasteiger partial charge in [-0.25, -0.2) is 4.98 Å². The van der Waals surface area contributed by atoms with Gasteiger partial charge in [-0.05, 0) is 50.0 Å². The summed E-state index contributed by atoms with van der Waals surface area (Å²) >= 11 is 0. The third-order valence-corrected chi connectivity index (χ3v) is 4.22. The molecule has 20 heavy (non-hydrogen) atoms. The quantitative estimate of drug-likeness (QED) is 0.907. The summed E-state index contributed by atoms with van der Waals surface area (Å²) in [4.78, 5) is 7.36. The molecule has 0 bridgehead atoms. The smallest absolute Gasteiger partial charge is 0.124 e. The van der Waals surface area contributed by atoms with Gasteiger partial charge in [-0.2, -0.15) is 0 Å². The number of imidazole rings is 1. The van der Waals surface area contributed by atoms with Crippen LogP contribution >= 0.6 is 0 Å². The van der Waals surface area contributed by atoms with Gasteiger partial charge in [0, 0.05) is 13.1 Å². The Hall–Kier alpha value is -1.39. The van der Waals surface area contributed by atoms with Crippen LogP contribution in [0.3, 0.4) is 0 Å². The highest BCUT2D eigenvalue weighted by Crippen LogP contribution is 2.20.